The van der Waals surface area contributed by atoms with E-state index in [2.05, 4.69) is 15.5 Å². The van der Waals surface area contributed by atoms with Gasteiger partial charge in [0.05, 0.1) is 25.0 Å². The van der Waals surface area contributed by atoms with E-state index in [4.69, 9.17) is 9.15 Å². The van der Waals surface area contributed by atoms with Crippen molar-refractivity contribution >= 4 is 0 Å². The Balaban J connectivity index is 1.64. The fraction of sp³-hybridized carbons (Fsp3) is 0.538. The van der Waals surface area contributed by atoms with Crippen LogP contribution in [0.2, 0.25) is 0 Å². The molecule has 110 valence electrons. The summed E-state index contributed by atoms with van der Waals surface area (Å²) >= 11 is 0. The molecule has 0 radical (unpaired) electrons. The minimum absolute atomic E-state index is 0.0159. The molecule has 0 aliphatic carbocycles. The Bertz CT molecular complexity index is 497. The van der Waals surface area contributed by atoms with Gasteiger partial charge in [-0.1, -0.05) is 0 Å². The Kier molecular flexibility index (Phi) is 5.28. The Labute approximate surface area is 117 Å². The summed E-state index contributed by atoms with van der Waals surface area (Å²) in [6.07, 6.45) is 2.66. The van der Waals surface area contributed by atoms with Gasteiger partial charge in [-0.25, -0.2) is 0 Å². The number of furan rings is 1. The van der Waals surface area contributed by atoms with Gasteiger partial charge in [0.15, 0.2) is 0 Å². The summed E-state index contributed by atoms with van der Waals surface area (Å²) in [4.78, 5) is 0. The molecule has 0 aromatic carbocycles. The van der Waals surface area contributed by atoms with Crippen LogP contribution in [0.25, 0.3) is 0 Å². The number of nitrogens with one attached hydrogen (secondary N) is 1. The van der Waals surface area contributed by atoms with E-state index in [1.165, 1.54) is 0 Å². The first kappa shape index (κ1) is 14.7. The molecule has 2 heterocycles. The van der Waals surface area contributed by atoms with Crippen LogP contribution in [0.15, 0.2) is 29.1 Å². The second-order valence-corrected chi connectivity index (χ2v) is 4.68. The van der Waals surface area contributed by atoms with Crippen LogP contribution in [-0.4, -0.2) is 39.1 Å². The predicted molar refractivity (Wildman–Crippen MR) is 71.8 cm³/mol. The zero-order chi connectivity index (χ0) is 14.4. The molecule has 2 aromatic heterocycles. The van der Waals surface area contributed by atoms with Crippen molar-refractivity contribution in [3.8, 4) is 0 Å². The second kappa shape index (κ2) is 7.18. The third kappa shape index (κ3) is 4.16. The van der Waals surface area contributed by atoms with Crippen LogP contribution in [0.5, 0.6) is 0 Å². The largest absolute Gasteiger partial charge is 0.467 e. The summed E-state index contributed by atoms with van der Waals surface area (Å²) < 4.78 is 12.3. The molecule has 0 fully saturated rings. The van der Waals surface area contributed by atoms with Gasteiger partial charge in [0, 0.05) is 13.6 Å². The highest BCUT2D eigenvalue weighted by Crippen LogP contribution is 2.07. The van der Waals surface area contributed by atoms with Crippen LogP contribution in [-0.2, 0) is 18.4 Å². The maximum absolute atomic E-state index is 9.83. The van der Waals surface area contributed by atoms with Crippen molar-refractivity contribution < 1.29 is 14.3 Å². The topological polar surface area (TPSA) is 85.3 Å². The molecule has 0 aliphatic heterocycles. The van der Waals surface area contributed by atoms with Crippen molar-refractivity contribution in [2.45, 2.75) is 25.7 Å². The van der Waals surface area contributed by atoms with Crippen molar-refractivity contribution in [1.29, 1.82) is 0 Å². The average Bonchev–Trinajstić information content (AvgIpc) is 3.07. The quantitative estimate of drug-likeness (QED) is 0.738. The van der Waals surface area contributed by atoms with E-state index in [1.807, 2.05) is 24.6 Å². The number of aromatic nitrogens is 3. The van der Waals surface area contributed by atoms with Gasteiger partial charge >= 0.3 is 0 Å². The van der Waals surface area contributed by atoms with Gasteiger partial charge < -0.3 is 24.1 Å². The number of nitrogens with zero attached hydrogens (tertiary/aromatic N) is 3. The smallest absolute Gasteiger partial charge is 0.149 e. The van der Waals surface area contributed by atoms with Crippen LogP contribution in [0.1, 0.15) is 24.6 Å². The number of hydrogen-bond acceptors (Lipinski definition) is 6. The van der Waals surface area contributed by atoms with E-state index in [0.29, 0.717) is 13.2 Å². The Morgan fingerprint density at radius 3 is 3.05 bits per heavy atom. The van der Waals surface area contributed by atoms with Gasteiger partial charge in [-0.05, 0) is 19.1 Å². The molecule has 2 atom stereocenters. The fourth-order valence-electron chi connectivity index (χ4n) is 1.84. The number of rotatable bonds is 8. The molecule has 0 aliphatic rings. The molecule has 0 saturated carbocycles. The predicted octanol–water partition coefficient (Wildman–Crippen LogP) is 0.636. The lowest BCUT2D eigenvalue weighted by Gasteiger charge is -2.16. The van der Waals surface area contributed by atoms with E-state index < -0.39 is 6.10 Å². The summed E-state index contributed by atoms with van der Waals surface area (Å²) in [5, 5.41) is 20.9. The highest BCUT2D eigenvalue weighted by atomic mass is 16.5. The lowest BCUT2D eigenvalue weighted by atomic mass is 10.3. The van der Waals surface area contributed by atoms with E-state index in [1.54, 1.807) is 18.7 Å². The van der Waals surface area contributed by atoms with Crippen LogP contribution in [0.4, 0.5) is 0 Å². The summed E-state index contributed by atoms with van der Waals surface area (Å²) in [6, 6.07) is 3.65. The average molecular weight is 280 g/mol. The minimum atomic E-state index is -0.583. The van der Waals surface area contributed by atoms with E-state index >= 15 is 0 Å². The normalized spacial score (nSPS) is 14.3. The van der Waals surface area contributed by atoms with Gasteiger partial charge in [-0.3, -0.25) is 0 Å². The molecule has 7 heteroatoms. The second-order valence-electron chi connectivity index (χ2n) is 4.68. The van der Waals surface area contributed by atoms with Gasteiger partial charge in [-0.15, -0.1) is 10.2 Å². The first-order chi connectivity index (χ1) is 9.66. The third-order valence-corrected chi connectivity index (χ3v) is 2.93. The highest BCUT2D eigenvalue weighted by Gasteiger charge is 2.13. The van der Waals surface area contributed by atoms with Crippen molar-refractivity contribution in [1.82, 2.24) is 20.1 Å². The van der Waals surface area contributed by atoms with Gasteiger partial charge in [0.25, 0.3) is 0 Å². The van der Waals surface area contributed by atoms with Gasteiger partial charge in [0.2, 0.25) is 0 Å². The molecular weight excluding hydrogens is 260 g/mol. The monoisotopic (exact) mass is 280 g/mol. The van der Waals surface area contributed by atoms with Gasteiger partial charge in [0.1, 0.15) is 24.5 Å². The highest BCUT2D eigenvalue weighted by molar-refractivity contribution is 4.96. The van der Waals surface area contributed by atoms with E-state index in [9.17, 15) is 5.11 Å². The van der Waals surface area contributed by atoms with Crippen molar-refractivity contribution in [3.63, 3.8) is 0 Å². The number of aryl methyl sites for hydroxylation is 1. The standard InChI is InChI=1S/C13H20N4O3/c1-10(13-16-15-9-17(13)2)14-6-11(18)7-19-8-12-4-3-5-20-12/h3-5,9-11,14,18H,6-8H2,1-2H3. The first-order valence-electron chi connectivity index (χ1n) is 6.52. The van der Waals surface area contributed by atoms with E-state index in [0.717, 1.165) is 11.6 Å². The first-order valence-corrected chi connectivity index (χ1v) is 6.52. The number of aliphatic hydroxyl groups excluding tert-OH is 1. The molecule has 0 bridgehead atoms. The lowest BCUT2D eigenvalue weighted by Crippen LogP contribution is -2.33. The Hall–Kier alpha value is -1.70. The molecule has 0 amide bonds. The third-order valence-electron chi connectivity index (χ3n) is 2.93. The van der Waals surface area contributed by atoms with Crippen molar-refractivity contribution in [2.24, 2.45) is 7.05 Å². The number of ether oxygens (including phenoxy) is 1. The summed E-state index contributed by atoms with van der Waals surface area (Å²) in [5.74, 6) is 1.58. The zero-order valence-electron chi connectivity index (χ0n) is 11.7. The fourth-order valence-corrected chi connectivity index (χ4v) is 1.84. The Morgan fingerprint density at radius 2 is 2.40 bits per heavy atom. The molecular formula is C13H20N4O3. The maximum atomic E-state index is 9.83. The van der Waals surface area contributed by atoms with E-state index in [-0.39, 0.29) is 12.6 Å². The molecule has 2 N–H and O–H groups in total. The molecule has 2 unspecified atom stereocenters. The van der Waals surface area contributed by atoms with Crippen LogP contribution in [0, 0.1) is 0 Å². The van der Waals surface area contributed by atoms with Crippen molar-refractivity contribution in [3.05, 3.63) is 36.3 Å². The number of hydrogen-bond donors (Lipinski definition) is 2. The van der Waals surface area contributed by atoms with Crippen molar-refractivity contribution in [2.75, 3.05) is 13.2 Å². The summed E-state index contributed by atoms with van der Waals surface area (Å²) in [7, 11) is 1.89. The van der Waals surface area contributed by atoms with Crippen LogP contribution < -0.4 is 5.32 Å². The molecule has 20 heavy (non-hydrogen) atoms. The molecule has 2 rings (SSSR count). The van der Waals surface area contributed by atoms with Gasteiger partial charge in [-0.2, -0.15) is 0 Å². The lowest BCUT2D eigenvalue weighted by molar-refractivity contribution is 0.0216. The Morgan fingerprint density at radius 1 is 1.55 bits per heavy atom. The molecule has 0 saturated heterocycles. The molecule has 2 aromatic rings. The maximum Gasteiger partial charge on any atom is 0.149 e. The van der Waals surface area contributed by atoms with Crippen LogP contribution >= 0.6 is 0 Å². The number of aliphatic hydroxyl groups is 1. The summed E-state index contributed by atoms with van der Waals surface area (Å²) in [6.45, 7) is 3.01. The zero-order valence-corrected chi connectivity index (χ0v) is 11.7. The minimum Gasteiger partial charge on any atom is -0.467 e. The van der Waals surface area contributed by atoms with Crippen LogP contribution in [0.3, 0.4) is 0 Å². The summed E-state index contributed by atoms with van der Waals surface area (Å²) in [5.41, 5.74) is 0. The SMILES string of the molecule is CC(NCC(O)COCc1ccco1)c1nncn1C. The molecule has 7 nitrogen and oxygen atoms in total. The molecule has 0 spiro atoms.